The van der Waals surface area contributed by atoms with Gasteiger partial charge in [-0.15, -0.1) is 0 Å². The van der Waals surface area contributed by atoms with Gasteiger partial charge in [-0.3, -0.25) is 5.10 Å². The van der Waals surface area contributed by atoms with E-state index in [1.807, 2.05) is 13.8 Å². The number of fused-ring (bicyclic) bond motifs is 1. The fraction of sp³-hybridized carbons (Fsp3) is 0.786. The van der Waals surface area contributed by atoms with E-state index in [1.54, 1.807) is 4.31 Å². The molecule has 21 heavy (non-hydrogen) atoms. The number of nitrogens with one attached hydrogen (secondary N) is 2. The number of H-pyrrole nitrogens is 1. The van der Waals surface area contributed by atoms with Crippen LogP contribution in [0.15, 0.2) is 5.03 Å². The molecule has 0 spiro atoms. The number of aromatic nitrogens is 2. The first kappa shape index (κ1) is 15.0. The van der Waals surface area contributed by atoms with Gasteiger partial charge in [-0.25, -0.2) is 8.42 Å². The van der Waals surface area contributed by atoms with Crippen LogP contribution in [0.4, 0.5) is 0 Å². The quantitative estimate of drug-likeness (QED) is 0.858. The second kappa shape index (κ2) is 5.70. The molecule has 2 unspecified atom stereocenters. The Hall–Kier alpha value is -0.920. The van der Waals surface area contributed by atoms with Crippen LogP contribution in [0.3, 0.4) is 0 Å². The summed E-state index contributed by atoms with van der Waals surface area (Å²) in [7, 11) is -3.47. The zero-order valence-electron chi connectivity index (χ0n) is 12.7. The molecule has 118 valence electrons. The molecule has 6 nitrogen and oxygen atoms in total. The fourth-order valence-electron chi connectivity index (χ4n) is 3.61. The van der Waals surface area contributed by atoms with Crippen molar-refractivity contribution in [3.05, 3.63) is 11.3 Å². The van der Waals surface area contributed by atoms with Crippen LogP contribution in [-0.2, 0) is 16.6 Å². The van der Waals surface area contributed by atoms with Crippen molar-refractivity contribution in [3.8, 4) is 0 Å². The number of nitrogens with zero attached hydrogens (tertiary/aromatic N) is 2. The van der Waals surface area contributed by atoms with Gasteiger partial charge in [0.1, 0.15) is 0 Å². The molecule has 1 saturated heterocycles. The van der Waals surface area contributed by atoms with Gasteiger partial charge in [0.05, 0.1) is 0 Å². The summed E-state index contributed by atoms with van der Waals surface area (Å²) in [6.45, 7) is 6.55. The summed E-state index contributed by atoms with van der Waals surface area (Å²) in [6, 6.07) is 0. The zero-order chi connectivity index (χ0) is 15.0. The Balaban J connectivity index is 1.85. The van der Waals surface area contributed by atoms with E-state index in [0.717, 1.165) is 17.8 Å². The topological polar surface area (TPSA) is 78.1 Å². The van der Waals surface area contributed by atoms with Crippen LogP contribution in [0, 0.1) is 18.8 Å². The predicted molar refractivity (Wildman–Crippen MR) is 80.3 cm³/mol. The summed E-state index contributed by atoms with van der Waals surface area (Å²) in [5.74, 6) is 1.11. The lowest BCUT2D eigenvalue weighted by Gasteiger charge is -2.16. The third-order valence-corrected chi connectivity index (χ3v) is 6.67. The van der Waals surface area contributed by atoms with E-state index < -0.39 is 10.0 Å². The molecule has 2 heterocycles. The van der Waals surface area contributed by atoms with Crippen molar-refractivity contribution in [1.29, 1.82) is 0 Å². The van der Waals surface area contributed by atoms with Crippen LogP contribution in [0.5, 0.6) is 0 Å². The second-order valence-electron chi connectivity index (χ2n) is 6.19. The Labute approximate surface area is 126 Å². The van der Waals surface area contributed by atoms with Gasteiger partial charge in [-0.2, -0.15) is 9.40 Å². The van der Waals surface area contributed by atoms with E-state index in [-0.39, 0.29) is 5.03 Å². The molecule has 1 aliphatic carbocycles. The highest BCUT2D eigenvalue weighted by Crippen LogP contribution is 2.39. The Bertz CT molecular complexity index is 598. The normalized spacial score (nSPS) is 26.4. The van der Waals surface area contributed by atoms with Crippen molar-refractivity contribution in [2.75, 3.05) is 19.6 Å². The van der Waals surface area contributed by atoms with Crippen molar-refractivity contribution in [3.63, 3.8) is 0 Å². The molecule has 2 atom stereocenters. The molecule has 0 aromatic carbocycles. The van der Waals surface area contributed by atoms with Crippen LogP contribution < -0.4 is 5.32 Å². The van der Waals surface area contributed by atoms with E-state index in [2.05, 4.69) is 15.5 Å². The number of hydrogen-bond acceptors (Lipinski definition) is 4. The van der Waals surface area contributed by atoms with Crippen LogP contribution >= 0.6 is 0 Å². The van der Waals surface area contributed by atoms with Gasteiger partial charge >= 0.3 is 0 Å². The van der Waals surface area contributed by atoms with Crippen LogP contribution in [0.1, 0.15) is 37.4 Å². The third-order valence-electron chi connectivity index (χ3n) is 4.86. The summed E-state index contributed by atoms with van der Waals surface area (Å²) in [4.78, 5) is 0. The fourth-order valence-corrected chi connectivity index (χ4v) is 5.33. The second-order valence-corrected chi connectivity index (χ2v) is 8.04. The number of hydrogen-bond donors (Lipinski definition) is 2. The van der Waals surface area contributed by atoms with Crippen molar-refractivity contribution in [1.82, 2.24) is 19.8 Å². The molecular weight excluding hydrogens is 288 g/mol. The summed E-state index contributed by atoms with van der Waals surface area (Å²) in [5.41, 5.74) is 1.60. The largest absolute Gasteiger partial charge is 0.313 e. The van der Waals surface area contributed by atoms with Gasteiger partial charge in [0, 0.05) is 30.9 Å². The first-order chi connectivity index (χ1) is 10.0. The van der Waals surface area contributed by atoms with Crippen molar-refractivity contribution >= 4 is 10.0 Å². The Morgan fingerprint density at radius 1 is 1.33 bits per heavy atom. The molecule has 2 aliphatic rings. The van der Waals surface area contributed by atoms with E-state index in [1.165, 1.54) is 19.3 Å². The SMILES string of the molecule is CCNCc1c(S(=O)(=O)N2CC3CCCC3C2)n[nH]c1C. The first-order valence-electron chi connectivity index (χ1n) is 7.78. The van der Waals surface area contributed by atoms with Crippen molar-refractivity contribution < 1.29 is 8.42 Å². The lowest BCUT2D eigenvalue weighted by molar-refractivity contribution is 0.442. The van der Waals surface area contributed by atoms with Gasteiger partial charge in [-0.05, 0) is 38.1 Å². The number of aromatic amines is 1. The average molecular weight is 312 g/mol. The molecule has 3 rings (SSSR count). The van der Waals surface area contributed by atoms with E-state index >= 15 is 0 Å². The number of rotatable bonds is 5. The van der Waals surface area contributed by atoms with Gasteiger partial charge in [0.2, 0.25) is 0 Å². The monoisotopic (exact) mass is 312 g/mol. The van der Waals surface area contributed by atoms with Gasteiger partial charge in [0.25, 0.3) is 10.0 Å². The molecule has 1 aliphatic heterocycles. The van der Waals surface area contributed by atoms with Gasteiger partial charge in [-0.1, -0.05) is 13.3 Å². The maximum Gasteiger partial charge on any atom is 0.262 e. The Kier molecular flexibility index (Phi) is 4.07. The Morgan fingerprint density at radius 2 is 2.00 bits per heavy atom. The molecule has 7 heteroatoms. The molecule has 1 aromatic heterocycles. The lowest BCUT2D eigenvalue weighted by atomic mass is 10.0. The van der Waals surface area contributed by atoms with Crippen LogP contribution in [0.25, 0.3) is 0 Å². The number of sulfonamides is 1. The van der Waals surface area contributed by atoms with E-state index in [9.17, 15) is 8.42 Å². The van der Waals surface area contributed by atoms with Crippen LogP contribution in [0.2, 0.25) is 0 Å². The lowest BCUT2D eigenvalue weighted by Crippen LogP contribution is -2.31. The van der Waals surface area contributed by atoms with Gasteiger partial charge in [0.15, 0.2) is 5.03 Å². The molecule has 2 fully saturated rings. The summed E-state index contributed by atoms with van der Waals surface area (Å²) >= 11 is 0. The molecule has 1 saturated carbocycles. The minimum Gasteiger partial charge on any atom is -0.313 e. The maximum absolute atomic E-state index is 12.9. The highest BCUT2D eigenvalue weighted by atomic mass is 32.2. The molecule has 0 radical (unpaired) electrons. The third kappa shape index (κ3) is 2.62. The molecule has 1 aromatic rings. The predicted octanol–water partition coefficient (Wildman–Crippen LogP) is 1.25. The average Bonchev–Trinajstić information content (AvgIpc) is 3.10. The van der Waals surface area contributed by atoms with Crippen molar-refractivity contribution in [2.45, 2.75) is 44.7 Å². The van der Waals surface area contributed by atoms with Crippen molar-refractivity contribution in [2.24, 2.45) is 11.8 Å². The number of aryl methyl sites for hydroxylation is 1. The Morgan fingerprint density at radius 3 is 2.62 bits per heavy atom. The highest BCUT2D eigenvalue weighted by molar-refractivity contribution is 7.89. The smallest absolute Gasteiger partial charge is 0.262 e. The zero-order valence-corrected chi connectivity index (χ0v) is 13.5. The summed E-state index contributed by atoms with van der Waals surface area (Å²) < 4.78 is 27.4. The molecule has 0 amide bonds. The highest BCUT2D eigenvalue weighted by Gasteiger charge is 2.42. The molecular formula is C14H24N4O2S. The maximum atomic E-state index is 12.9. The minimum atomic E-state index is -3.47. The van der Waals surface area contributed by atoms with Crippen LogP contribution in [-0.4, -0.2) is 42.6 Å². The summed E-state index contributed by atoms with van der Waals surface area (Å²) in [6.07, 6.45) is 3.58. The minimum absolute atomic E-state index is 0.209. The van der Waals surface area contributed by atoms with E-state index in [0.29, 0.717) is 31.5 Å². The van der Waals surface area contributed by atoms with E-state index in [4.69, 9.17) is 0 Å². The molecule has 2 N–H and O–H groups in total. The van der Waals surface area contributed by atoms with Gasteiger partial charge < -0.3 is 5.32 Å². The first-order valence-corrected chi connectivity index (χ1v) is 9.22. The molecule has 0 bridgehead atoms. The standard InChI is InChI=1S/C14H24N4O2S/c1-3-15-7-13-10(2)16-17-14(13)21(19,20)18-8-11-5-4-6-12(11)9-18/h11-12,15H,3-9H2,1-2H3,(H,16,17). The summed E-state index contributed by atoms with van der Waals surface area (Å²) in [5, 5.41) is 10.3.